The van der Waals surface area contributed by atoms with Crippen molar-refractivity contribution in [3.63, 3.8) is 0 Å². The maximum absolute atomic E-state index is 6.59. The number of hydrogen-bond acceptors (Lipinski definition) is 4. The lowest BCUT2D eigenvalue weighted by Crippen LogP contribution is -2.73. The minimum atomic E-state index is -0.514. The van der Waals surface area contributed by atoms with Crippen LogP contribution in [0.5, 0.6) is 0 Å². The van der Waals surface area contributed by atoms with Gasteiger partial charge in [-0.3, -0.25) is 0 Å². The smallest absolute Gasteiger partial charge is 0.174 e. The van der Waals surface area contributed by atoms with Crippen LogP contribution in [0.4, 0.5) is 0 Å². The molecule has 0 radical (unpaired) electrons. The van der Waals surface area contributed by atoms with Gasteiger partial charge in [-0.05, 0) is 32.3 Å². The molecule has 4 nitrogen and oxygen atoms in total. The van der Waals surface area contributed by atoms with Crippen LogP contribution in [0.25, 0.3) is 0 Å². The van der Waals surface area contributed by atoms with Crippen molar-refractivity contribution in [2.75, 3.05) is 19.8 Å². The average Bonchev–Trinajstić information content (AvgIpc) is 2.69. The first-order chi connectivity index (χ1) is 13.2. The van der Waals surface area contributed by atoms with Gasteiger partial charge in [-0.1, -0.05) is 58.0 Å². The Morgan fingerprint density at radius 2 is 1.68 bits per heavy atom. The summed E-state index contributed by atoms with van der Waals surface area (Å²) in [5, 5.41) is 3.92. The van der Waals surface area contributed by atoms with Crippen LogP contribution in [0.2, 0.25) is 0 Å². The molecule has 0 aliphatic carbocycles. The summed E-state index contributed by atoms with van der Waals surface area (Å²) in [5.41, 5.74) is 1.11. The second kappa shape index (κ2) is 8.06. The minimum absolute atomic E-state index is 0.000556. The maximum Gasteiger partial charge on any atom is 0.174 e. The predicted molar refractivity (Wildman–Crippen MR) is 113 cm³/mol. The molecule has 2 fully saturated rings. The van der Waals surface area contributed by atoms with Crippen LogP contribution in [-0.2, 0) is 20.8 Å². The molecule has 28 heavy (non-hydrogen) atoms. The maximum atomic E-state index is 6.59. The molecule has 0 bridgehead atoms. The monoisotopic (exact) mass is 389 g/mol. The van der Waals surface area contributed by atoms with E-state index >= 15 is 0 Å². The van der Waals surface area contributed by atoms with E-state index in [1.54, 1.807) is 0 Å². The third-order valence-corrected chi connectivity index (χ3v) is 7.25. The van der Waals surface area contributed by atoms with Crippen molar-refractivity contribution in [3.05, 3.63) is 35.9 Å². The summed E-state index contributed by atoms with van der Waals surface area (Å²) in [4.78, 5) is 0. The highest BCUT2D eigenvalue weighted by molar-refractivity contribution is 5.13. The number of piperidine rings is 1. The van der Waals surface area contributed by atoms with Crippen molar-refractivity contribution in [1.82, 2.24) is 5.32 Å². The molecule has 0 amide bonds. The summed E-state index contributed by atoms with van der Waals surface area (Å²) in [6.45, 7) is 16.2. The topological polar surface area (TPSA) is 39.7 Å². The Labute approximate surface area is 171 Å². The van der Waals surface area contributed by atoms with Gasteiger partial charge in [0.2, 0.25) is 0 Å². The molecular weight excluding hydrogens is 350 g/mol. The zero-order valence-corrected chi connectivity index (χ0v) is 18.6. The number of nitrogens with one attached hydrogen (secondary N) is 1. The van der Waals surface area contributed by atoms with Crippen LogP contribution >= 0.6 is 0 Å². The third-order valence-electron chi connectivity index (χ3n) is 7.25. The molecule has 2 saturated heterocycles. The molecule has 3 unspecified atom stereocenters. The molecule has 2 heterocycles. The molecule has 1 aromatic carbocycles. The Hall–Kier alpha value is -0.940. The normalized spacial score (nSPS) is 41.3. The van der Waals surface area contributed by atoms with E-state index < -0.39 is 5.79 Å². The molecule has 0 aromatic heterocycles. The quantitative estimate of drug-likeness (QED) is 0.750. The van der Waals surface area contributed by atoms with E-state index in [2.05, 4.69) is 59.0 Å². The summed E-state index contributed by atoms with van der Waals surface area (Å²) in [6.07, 6.45) is 2.99. The Bertz CT molecular complexity index is 641. The fraction of sp³-hybridized carbons (Fsp3) is 0.750. The van der Waals surface area contributed by atoms with Gasteiger partial charge in [-0.25, -0.2) is 0 Å². The average molecular weight is 390 g/mol. The van der Waals surface area contributed by atoms with Crippen LogP contribution in [0.15, 0.2) is 30.3 Å². The fourth-order valence-electron chi connectivity index (χ4n) is 4.73. The fourth-order valence-corrected chi connectivity index (χ4v) is 4.73. The van der Waals surface area contributed by atoms with Crippen LogP contribution in [-0.4, -0.2) is 36.7 Å². The number of benzene rings is 1. The summed E-state index contributed by atoms with van der Waals surface area (Å²) in [6, 6.07) is 10.3. The minimum Gasteiger partial charge on any atom is -0.376 e. The van der Waals surface area contributed by atoms with Crippen molar-refractivity contribution in [3.8, 4) is 0 Å². The van der Waals surface area contributed by atoms with Crippen molar-refractivity contribution in [1.29, 1.82) is 0 Å². The van der Waals surface area contributed by atoms with Crippen LogP contribution < -0.4 is 5.32 Å². The second-order valence-electron chi connectivity index (χ2n) is 9.89. The lowest BCUT2D eigenvalue weighted by atomic mass is 9.67. The standard InChI is InChI=1S/C24H39NO3/c1-7-22(5)15-24(19(3)23(6,8-2)25-22)27-17-21(4,18-28-24)16-26-14-20-12-10-9-11-13-20/h9-13,19,25H,7-8,14-18H2,1-6H3. The molecule has 2 aliphatic rings. The van der Waals surface area contributed by atoms with E-state index in [-0.39, 0.29) is 22.4 Å². The first-order valence-electron chi connectivity index (χ1n) is 10.9. The molecule has 3 atom stereocenters. The Morgan fingerprint density at radius 1 is 1.04 bits per heavy atom. The van der Waals surface area contributed by atoms with Crippen molar-refractivity contribution >= 4 is 0 Å². The molecule has 1 N–H and O–H groups in total. The van der Waals surface area contributed by atoms with Gasteiger partial charge in [0.15, 0.2) is 5.79 Å². The van der Waals surface area contributed by atoms with Gasteiger partial charge in [-0.15, -0.1) is 0 Å². The molecule has 1 aromatic rings. The van der Waals surface area contributed by atoms with Crippen molar-refractivity contribution < 1.29 is 14.2 Å². The predicted octanol–water partition coefficient (Wildman–Crippen LogP) is 4.92. The molecule has 2 aliphatic heterocycles. The lowest BCUT2D eigenvalue weighted by molar-refractivity contribution is -0.354. The Kier molecular flexibility index (Phi) is 6.26. The molecule has 158 valence electrons. The van der Waals surface area contributed by atoms with Gasteiger partial charge in [-0.2, -0.15) is 0 Å². The SMILES string of the molecule is CCC1(C)CC2(OCC(C)(COCc3ccccc3)CO2)C(C)C(C)(CC)N1. The summed E-state index contributed by atoms with van der Waals surface area (Å²) < 4.78 is 19.2. The van der Waals surface area contributed by atoms with E-state index in [0.29, 0.717) is 26.4 Å². The number of hydrogen-bond donors (Lipinski definition) is 1. The van der Waals surface area contributed by atoms with Gasteiger partial charge in [0, 0.05) is 28.8 Å². The van der Waals surface area contributed by atoms with E-state index in [1.807, 2.05) is 18.2 Å². The first kappa shape index (κ1) is 21.8. The summed E-state index contributed by atoms with van der Waals surface area (Å²) in [7, 11) is 0. The van der Waals surface area contributed by atoms with E-state index in [1.165, 1.54) is 5.56 Å². The van der Waals surface area contributed by atoms with Crippen LogP contribution in [0, 0.1) is 11.3 Å². The summed E-state index contributed by atoms with van der Waals surface area (Å²) in [5.74, 6) is -0.237. The van der Waals surface area contributed by atoms with Gasteiger partial charge in [0.25, 0.3) is 0 Å². The highest BCUT2D eigenvalue weighted by Gasteiger charge is 2.58. The van der Waals surface area contributed by atoms with Crippen molar-refractivity contribution in [2.45, 2.75) is 84.3 Å². The molecule has 3 rings (SSSR count). The highest BCUT2D eigenvalue weighted by Crippen LogP contribution is 2.49. The van der Waals surface area contributed by atoms with Gasteiger partial charge >= 0.3 is 0 Å². The Morgan fingerprint density at radius 3 is 2.25 bits per heavy atom. The van der Waals surface area contributed by atoms with E-state index in [0.717, 1.165) is 19.3 Å². The van der Waals surface area contributed by atoms with E-state index in [4.69, 9.17) is 14.2 Å². The molecule has 0 saturated carbocycles. The van der Waals surface area contributed by atoms with Crippen LogP contribution in [0.1, 0.15) is 66.4 Å². The largest absolute Gasteiger partial charge is 0.376 e. The molecule has 4 heteroatoms. The Balaban J connectivity index is 1.64. The number of ether oxygens (including phenoxy) is 3. The van der Waals surface area contributed by atoms with Gasteiger partial charge < -0.3 is 19.5 Å². The summed E-state index contributed by atoms with van der Waals surface area (Å²) >= 11 is 0. The third kappa shape index (κ3) is 4.30. The first-order valence-corrected chi connectivity index (χ1v) is 10.9. The second-order valence-corrected chi connectivity index (χ2v) is 9.89. The lowest BCUT2D eigenvalue weighted by Gasteiger charge is -2.60. The zero-order chi connectivity index (χ0) is 20.5. The molecular formula is C24H39NO3. The zero-order valence-electron chi connectivity index (χ0n) is 18.6. The highest BCUT2D eigenvalue weighted by atomic mass is 16.7. The number of rotatable bonds is 6. The molecule has 1 spiro atoms. The van der Waals surface area contributed by atoms with Crippen molar-refractivity contribution in [2.24, 2.45) is 11.3 Å². The van der Waals surface area contributed by atoms with Gasteiger partial charge in [0.05, 0.1) is 26.4 Å². The van der Waals surface area contributed by atoms with Gasteiger partial charge in [0.1, 0.15) is 0 Å². The van der Waals surface area contributed by atoms with E-state index in [9.17, 15) is 0 Å². The van der Waals surface area contributed by atoms with Crippen LogP contribution in [0.3, 0.4) is 0 Å².